The van der Waals surface area contributed by atoms with Gasteiger partial charge in [0.2, 0.25) is 5.91 Å². The molecule has 0 spiro atoms. The maximum absolute atomic E-state index is 13.7. The van der Waals surface area contributed by atoms with Gasteiger partial charge in [-0.1, -0.05) is 30.3 Å². The average molecular weight is 476 g/mol. The summed E-state index contributed by atoms with van der Waals surface area (Å²) in [7, 11) is 0. The van der Waals surface area contributed by atoms with E-state index in [0.717, 1.165) is 36.0 Å². The number of fused-ring (bicyclic) bond motifs is 1. The van der Waals surface area contributed by atoms with E-state index in [0.29, 0.717) is 6.54 Å². The van der Waals surface area contributed by atoms with Crippen LogP contribution in [0.5, 0.6) is 0 Å². The second kappa shape index (κ2) is 9.02. The molecule has 1 saturated carbocycles. The Balaban J connectivity index is 1.43. The fourth-order valence-electron chi connectivity index (χ4n) is 4.72. The van der Waals surface area contributed by atoms with E-state index >= 15 is 0 Å². The lowest BCUT2D eigenvalue weighted by atomic mass is 9.90. The van der Waals surface area contributed by atoms with Crippen LogP contribution in [0, 0.1) is 17.0 Å². The van der Waals surface area contributed by atoms with Gasteiger partial charge in [0.1, 0.15) is 6.54 Å². The Kier molecular flexibility index (Phi) is 5.91. The highest BCUT2D eigenvalue weighted by molar-refractivity contribution is 7.10. The number of rotatable bonds is 6. The smallest absolute Gasteiger partial charge is 0.270 e. The van der Waals surface area contributed by atoms with Crippen molar-refractivity contribution in [1.29, 1.82) is 0 Å². The van der Waals surface area contributed by atoms with Crippen LogP contribution in [0.25, 0.3) is 0 Å². The van der Waals surface area contributed by atoms with E-state index in [9.17, 15) is 19.7 Å². The van der Waals surface area contributed by atoms with E-state index < -0.39 is 4.92 Å². The Morgan fingerprint density at radius 1 is 1.12 bits per heavy atom. The summed E-state index contributed by atoms with van der Waals surface area (Å²) in [5.74, 6) is -0.434. The zero-order valence-electron chi connectivity index (χ0n) is 18.8. The number of benzene rings is 2. The quantitative estimate of drug-likeness (QED) is 0.381. The summed E-state index contributed by atoms with van der Waals surface area (Å²) < 4.78 is 0. The number of carbonyl (C=O) groups excluding carboxylic acids is 2. The van der Waals surface area contributed by atoms with Gasteiger partial charge in [-0.15, -0.1) is 11.3 Å². The van der Waals surface area contributed by atoms with Crippen LogP contribution in [0.4, 0.5) is 5.69 Å². The lowest BCUT2D eigenvalue weighted by Gasteiger charge is -2.38. The molecule has 1 aromatic heterocycles. The van der Waals surface area contributed by atoms with Crippen LogP contribution in [0.2, 0.25) is 0 Å². The molecular weight excluding hydrogens is 450 g/mol. The van der Waals surface area contributed by atoms with Crippen LogP contribution in [-0.2, 0) is 11.2 Å². The fourth-order valence-corrected chi connectivity index (χ4v) is 5.63. The number of amides is 2. The molecule has 1 fully saturated rings. The van der Waals surface area contributed by atoms with Gasteiger partial charge in [-0.2, -0.15) is 0 Å². The first-order valence-electron chi connectivity index (χ1n) is 11.4. The zero-order valence-corrected chi connectivity index (χ0v) is 19.7. The summed E-state index contributed by atoms with van der Waals surface area (Å²) >= 11 is 1.72. The topological polar surface area (TPSA) is 83.8 Å². The third-order valence-corrected chi connectivity index (χ3v) is 7.62. The Bertz CT molecular complexity index is 1270. The van der Waals surface area contributed by atoms with Gasteiger partial charge >= 0.3 is 0 Å². The molecule has 2 heterocycles. The largest absolute Gasteiger partial charge is 0.330 e. The predicted octanol–water partition coefficient (Wildman–Crippen LogP) is 4.74. The highest BCUT2D eigenvalue weighted by Gasteiger charge is 2.39. The summed E-state index contributed by atoms with van der Waals surface area (Å²) in [6.07, 6.45) is 2.47. The lowest BCUT2D eigenvalue weighted by Crippen LogP contribution is -2.47. The minimum Gasteiger partial charge on any atom is -0.330 e. The van der Waals surface area contributed by atoms with Crippen molar-refractivity contribution in [3.05, 3.63) is 97.2 Å². The Hall–Kier alpha value is -3.52. The van der Waals surface area contributed by atoms with E-state index in [4.69, 9.17) is 0 Å². The summed E-state index contributed by atoms with van der Waals surface area (Å²) in [4.78, 5) is 42.5. The number of hydrogen-bond donors (Lipinski definition) is 0. The minimum atomic E-state index is -0.512. The highest BCUT2D eigenvalue weighted by Crippen LogP contribution is 2.39. The van der Waals surface area contributed by atoms with Gasteiger partial charge in [-0.25, -0.2) is 0 Å². The molecule has 8 heteroatoms. The van der Waals surface area contributed by atoms with Crippen molar-refractivity contribution < 1.29 is 14.5 Å². The second-order valence-corrected chi connectivity index (χ2v) is 9.87. The lowest BCUT2D eigenvalue weighted by molar-refractivity contribution is -0.384. The molecule has 1 aliphatic carbocycles. The van der Waals surface area contributed by atoms with Crippen molar-refractivity contribution in [2.45, 2.75) is 38.3 Å². The number of aryl methyl sites for hydroxylation is 1. The molecule has 0 bridgehead atoms. The summed E-state index contributed by atoms with van der Waals surface area (Å²) in [5.41, 5.74) is 3.48. The van der Waals surface area contributed by atoms with Gasteiger partial charge < -0.3 is 9.80 Å². The molecule has 0 N–H and O–H groups in total. The minimum absolute atomic E-state index is 0.00544. The summed E-state index contributed by atoms with van der Waals surface area (Å²) in [5, 5.41) is 13.2. The molecule has 1 aliphatic heterocycles. The van der Waals surface area contributed by atoms with E-state index in [1.807, 2.05) is 17.0 Å². The van der Waals surface area contributed by atoms with Gasteiger partial charge in [0, 0.05) is 35.2 Å². The third-order valence-electron chi connectivity index (χ3n) is 6.63. The van der Waals surface area contributed by atoms with Crippen LogP contribution in [0.3, 0.4) is 0 Å². The van der Waals surface area contributed by atoms with Crippen molar-refractivity contribution in [3.8, 4) is 0 Å². The predicted molar refractivity (Wildman–Crippen MR) is 130 cm³/mol. The van der Waals surface area contributed by atoms with Crippen molar-refractivity contribution in [1.82, 2.24) is 9.80 Å². The SMILES string of the molecule is Cc1ccccc1C1c2ccsc2CCN1C(=O)CN(C(=O)c1cccc([N+](=O)[O-])c1)C1CC1. The van der Waals surface area contributed by atoms with Gasteiger partial charge in [0.05, 0.1) is 11.0 Å². The number of hydrogen-bond acceptors (Lipinski definition) is 5. The molecule has 1 unspecified atom stereocenters. The van der Waals surface area contributed by atoms with Gasteiger partial charge in [-0.05, 0) is 60.4 Å². The Morgan fingerprint density at radius 2 is 1.91 bits per heavy atom. The molecule has 1 atom stereocenters. The van der Waals surface area contributed by atoms with Crippen LogP contribution >= 0.6 is 11.3 Å². The molecule has 2 amide bonds. The standard InChI is InChI=1S/C26H25N3O4S/c1-17-5-2-3-8-21(17)25-22-12-14-34-23(22)11-13-27(25)24(30)16-28(19-9-10-19)26(31)18-6-4-7-20(15-18)29(32)33/h2-8,12,14-15,19,25H,9-11,13,16H2,1H3. The monoisotopic (exact) mass is 475 g/mol. The van der Waals surface area contributed by atoms with Crippen LogP contribution in [0.1, 0.15) is 50.8 Å². The van der Waals surface area contributed by atoms with E-state index in [1.54, 1.807) is 22.3 Å². The molecule has 2 aromatic carbocycles. The van der Waals surface area contributed by atoms with E-state index in [2.05, 4.69) is 30.5 Å². The molecular formula is C26H25N3O4S. The van der Waals surface area contributed by atoms with Crippen molar-refractivity contribution in [3.63, 3.8) is 0 Å². The Morgan fingerprint density at radius 3 is 2.65 bits per heavy atom. The van der Waals surface area contributed by atoms with Crippen molar-refractivity contribution in [2.24, 2.45) is 0 Å². The van der Waals surface area contributed by atoms with E-state index in [-0.39, 0.29) is 41.7 Å². The van der Waals surface area contributed by atoms with Gasteiger partial charge in [0.15, 0.2) is 0 Å². The summed E-state index contributed by atoms with van der Waals surface area (Å²) in [6.45, 7) is 2.61. The first-order valence-corrected chi connectivity index (χ1v) is 12.3. The second-order valence-electron chi connectivity index (χ2n) is 8.87. The molecule has 3 aromatic rings. The van der Waals surface area contributed by atoms with Crippen LogP contribution in [-0.4, -0.2) is 45.7 Å². The average Bonchev–Trinajstić information content (AvgIpc) is 3.57. The highest BCUT2D eigenvalue weighted by atomic mass is 32.1. The first-order chi connectivity index (χ1) is 16.4. The number of nitrogens with zero attached hydrogens (tertiary/aromatic N) is 3. The molecule has 7 nitrogen and oxygen atoms in total. The van der Waals surface area contributed by atoms with Crippen molar-refractivity contribution >= 4 is 28.8 Å². The molecule has 2 aliphatic rings. The third kappa shape index (κ3) is 4.21. The maximum atomic E-state index is 13.7. The maximum Gasteiger partial charge on any atom is 0.270 e. The molecule has 0 radical (unpaired) electrons. The van der Waals surface area contributed by atoms with Gasteiger partial charge in [-0.3, -0.25) is 19.7 Å². The number of nitro groups is 1. The molecule has 174 valence electrons. The van der Waals surface area contributed by atoms with Crippen LogP contribution in [0.15, 0.2) is 60.0 Å². The molecule has 0 saturated heterocycles. The zero-order chi connectivity index (χ0) is 23.8. The molecule has 34 heavy (non-hydrogen) atoms. The summed E-state index contributed by atoms with van der Waals surface area (Å²) in [6, 6.07) is 15.8. The number of thiophene rings is 1. The molecule has 5 rings (SSSR count). The number of carbonyl (C=O) groups is 2. The van der Waals surface area contributed by atoms with E-state index in [1.165, 1.54) is 23.1 Å². The number of non-ortho nitro benzene ring substituents is 1. The van der Waals surface area contributed by atoms with Crippen molar-refractivity contribution in [2.75, 3.05) is 13.1 Å². The van der Waals surface area contributed by atoms with Gasteiger partial charge in [0.25, 0.3) is 11.6 Å². The first kappa shape index (κ1) is 22.3. The van der Waals surface area contributed by atoms with Crippen LogP contribution < -0.4 is 0 Å². The number of nitro benzene ring substituents is 1. The fraction of sp³-hybridized carbons (Fsp3) is 0.308. The normalized spacial score (nSPS) is 17.2. The Labute approximate surface area is 201 Å².